The number of nitrogens with zero attached hydrogens (tertiary/aromatic N) is 1. The lowest BCUT2D eigenvalue weighted by Crippen LogP contribution is -2.39. The van der Waals surface area contributed by atoms with Gasteiger partial charge in [0.25, 0.3) is 0 Å². The first kappa shape index (κ1) is 15.7. The van der Waals surface area contributed by atoms with E-state index in [0.29, 0.717) is 6.54 Å². The zero-order chi connectivity index (χ0) is 12.6. The molecule has 0 aliphatic heterocycles. The van der Waals surface area contributed by atoms with Crippen molar-refractivity contribution in [3.05, 3.63) is 0 Å². The van der Waals surface area contributed by atoms with Crippen molar-refractivity contribution in [3.8, 4) is 0 Å². The van der Waals surface area contributed by atoms with Crippen molar-refractivity contribution in [1.29, 1.82) is 0 Å². The summed E-state index contributed by atoms with van der Waals surface area (Å²) >= 11 is 0. The Hall–Kier alpha value is -0.330. The van der Waals surface area contributed by atoms with Gasteiger partial charge in [0, 0.05) is 19.1 Å². The van der Waals surface area contributed by atoms with E-state index < -0.39 is 12.8 Å². The fourth-order valence-corrected chi connectivity index (χ4v) is 1.23. The lowest BCUT2D eigenvalue weighted by Gasteiger charge is -2.20. The SMILES string of the molecule is CCN(C)CC(C)NCCOCC(F)(F)F. The minimum absolute atomic E-state index is 0.0830. The molecule has 0 aliphatic carbocycles. The van der Waals surface area contributed by atoms with Crippen LogP contribution in [0.15, 0.2) is 0 Å². The van der Waals surface area contributed by atoms with Gasteiger partial charge in [0.05, 0.1) is 6.61 Å². The van der Waals surface area contributed by atoms with E-state index in [2.05, 4.69) is 21.9 Å². The Kier molecular flexibility index (Phi) is 7.70. The van der Waals surface area contributed by atoms with E-state index in [9.17, 15) is 13.2 Å². The third-order valence-corrected chi connectivity index (χ3v) is 2.13. The minimum atomic E-state index is -4.23. The van der Waals surface area contributed by atoms with E-state index in [0.717, 1.165) is 13.1 Å². The molecule has 0 rings (SSSR count). The molecule has 0 spiro atoms. The molecular weight excluding hydrogens is 221 g/mol. The van der Waals surface area contributed by atoms with Gasteiger partial charge in [-0.3, -0.25) is 0 Å². The molecule has 0 saturated carbocycles. The molecule has 0 aromatic heterocycles. The lowest BCUT2D eigenvalue weighted by molar-refractivity contribution is -0.173. The van der Waals surface area contributed by atoms with Crippen LogP contribution in [0.4, 0.5) is 13.2 Å². The van der Waals surface area contributed by atoms with Gasteiger partial charge in [-0.15, -0.1) is 0 Å². The van der Waals surface area contributed by atoms with Gasteiger partial charge >= 0.3 is 6.18 Å². The Morgan fingerprint density at radius 2 is 2.00 bits per heavy atom. The van der Waals surface area contributed by atoms with Gasteiger partial charge in [0.2, 0.25) is 0 Å². The molecule has 0 saturated heterocycles. The standard InChI is InChI=1S/C10H21F3N2O/c1-4-15(3)7-9(2)14-5-6-16-8-10(11,12)13/h9,14H,4-8H2,1-3H3. The highest BCUT2D eigenvalue weighted by Crippen LogP contribution is 2.13. The summed E-state index contributed by atoms with van der Waals surface area (Å²) in [5, 5.41) is 3.10. The number of likely N-dealkylation sites (N-methyl/N-ethyl adjacent to an activating group) is 1. The number of alkyl halides is 3. The number of hydrogen-bond acceptors (Lipinski definition) is 3. The molecule has 0 aliphatic rings. The van der Waals surface area contributed by atoms with Crippen LogP contribution in [-0.2, 0) is 4.74 Å². The molecule has 3 nitrogen and oxygen atoms in total. The second kappa shape index (κ2) is 7.86. The van der Waals surface area contributed by atoms with E-state index in [1.807, 2.05) is 14.0 Å². The van der Waals surface area contributed by atoms with Crippen LogP contribution in [0.3, 0.4) is 0 Å². The molecule has 16 heavy (non-hydrogen) atoms. The van der Waals surface area contributed by atoms with Crippen LogP contribution in [0.5, 0.6) is 0 Å². The lowest BCUT2D eigenvalue weighted by atomic mass is 10.3. The predicted molar refractivity (Wildman–Crippen MR) is 57.5 cm³/mol. The maximum Gasteiger partial charge on any atom is 0.411 e. The van der Waals surface area contributed by atoms with Crippen molar-refractivity contribution < 1.29 is 17.9 Å². The highest BCUT2D eigenvalue weighted by atomic mass is 19.4. The first-order chi connectivity index (χ1) is 7.35. The average molecular weight is 242 g/mol. The van der Waals surface area contributed by atoms with Crippen LogP contribution in [-0.4, -0.2) is 57.0 Å². The average Bonchev–Trinajstić information content (AvgIpc) is 2.15. The summed E-state index contributed by atoms with van der Waals surface area (Å²) in [6, 6.07) is 0.249. The molecule has 1 N–H and O–H groups in total. The summed E-state index contributed by atoms with van der Waals surface area (Å²) in [7, 11) is 2.00. The molecule has 1 unspecified atom stereocenters. The highest BCUT2D eigenvalue weighted by Gasteiger charge is 2.27. The quantitative estimate of drug-likeness (QED) is 0.653. The molecule has 0 radical (unpaired) electrons. The van der Waals surface area contributed by atoms with Gasteiger partial charge < -0.3 is 15.0 Å². The van der Waals surface area contributed by atoms with Crippen LogP contribution >= 0.6 is 0 Å². The third-order valence-electron chi connectivity index (χ3n) is 2.13. The van der Waals surface area contributed by atoms with Crippen molar-refractivity contribution in [3.63, 3.8) is 0 Å². The normalized spacial score (nSPS) is 14.4. The maximum absolute atomic E-state index is 11.7. The summed E-state index contributed by atoms with van der Waals surface area (Å²) < 4.78 is 39.6. The maximum atomic E-state index is 11.7. The first-order valence-electron chi connectivity index (χ1n) is 5.41. The van der Waals surface area contributed by atoms with E-state index in [-0.39, 0.29) is 12.6 Å². The Morgan fingerprint density at radius 1 is 1.38 bits per heavy atom. The van der Waals surface area contributed by atoms with Crippen LogP contribution in [0, 0.1) is 0 Å². The Labute approximate surface area is 94.9 Å². The van der Waals surface area contributed by atoms with E-state index in [1.165, 1.54) is 0 Å². The number of ether oxygens (including phenoxy) is 1. The van der Waals surface area contributed by atoms with Gasteiger partial charge in [-0.2, -0.15) is 13.2 Å². The predicted octanol–water partition coefficient (Wildman–Crippen LogP) is 1.50. The highest BCUT2D eigenvalue weighted by molar-refractivity contribution is 4.64. The second-order valence-electron chi connectivity index (χ2n) is 3.88. The summed E-state index contributed by atoms with van der Waals surface area (Å²) in [4.78, 5) is 2.13. The molecule has 0 bridgehead atoms. The van der Waals surface area contributed by atoms with Crippen LogP contribution in [0.1, 0.15) is 13.8 Å². The monoisotopic (exact) mass is 242 g/mol. The first-order valence-corrected chi connectivity index (χ1v) is 5.41. The van der Waals surface area contributed by atoms with E-state index in [1.54, 1.807) is 0 Å². The molecule has 0 heterocycles. The molecule has 0 aromatic rings. The van der Waals surface area contributed by atoms with Crippen LogP contribution < -0.4 is 5.32 Å². The summed E-state index contributed by atoms with van der Waals surface area (Å²) in [5.74, 6) is 0. The number of halogens is 3. The molecule has 0 amide bonds. The number of rotatable bonds is 8. The fraction of sp³-hybridized carbons (Fsp3) is 1.00. The fourth-order valence-electron chi connectivity index (χ4n) is 1.23. The Balaban J connectivity index is 3.38. The molecule has 0 fully saturated rings. The van der Waals surface area contributed by atoms with Crippen molar-refractivity contribution in [1.82, 2.24) is 10.2 Å². The zero-order valence-electron chi connectivity index (χ0n) is 10.1. The third kappa shape index (κ3) is 10.2. The largest absolute Gasteiger partial charge is 0.411 e. The van der Waals surface area contributed by atoms with E-state index in [4.69, 9.17) is 0 Å². The number of hydrogen-bond donors (Lipinski definition) is 1. The van der Waals surface area contributed by atoms with Gasteiger partial charge in [0.15, 0.2) is 0 Å². The smallest absolute Gasteiger partial charge is 0.371 e. The summed E-state index contributed by atoms with van der Waals surface area (Å²) in [5.41, 5.74) is 0. The number of nitrogens with one attached hydrogen (secondary N) is 1. The van der Waals surface area contributed by atoms with Crippen molar-refractivity contribution >= 4 is 0 Å². The second-order valence-corrected chi connectivity index (χ2v) is 3.88. The van der Waals surface area contributed by atoms with Crippen molar-refractivity contribution in [2.24, 2.45) is 0 Å². The molecule has 98 valence electrons. The Bertz CT molecular complexity index is 176. The van der Waals surface area contributed by atoms with E-state index >= 15 is 0 Å². The van der Waals surface area contributed by atoms with Gasteiger partial charge in [0.1, 0.15) is 6.61 Å². The minimum Gasteiger partial charge on any atom is -0.371 e. The Morgan fingerprint density at radius 3 is 2.50 bits per heavy atom. The van der Waals surface area contributed by atoms with Gasteiger partial charge in [-0.1, -0.05) is 6.92 Å². The van der Waals surface area contributed by atoms with Crippen molar-refractivity contribution in [2.45, 2.75) is 26.1 Å². The van der Waals surface area contributed by atoms with Crippen LogP contribution in [0.2, 0.25) is 0 Å². The summed E-state index contributed by atoms with van der Waals surface area (Å²) in [6.45, 7) is 5.23. The zero-order valence-corrected chi connectivity index (χ0v) is 10.1. The topological polar surface area (TPSA) is 24.5 Å². The van der Waals surface area contributed by atoms with Gasteiger partial charge in [-0.25, -0.2) is 0 Å². The van der Waals surface area contributed by atoms with Gasteiger partial charge in [-0.05, 0) is 20.5 Å². The molecule has 0 aromatic carbocycles. The molecule has 6 heteroatoms. The van der Waals surface area contributed by atoms with Crippen molar-refractivity contribution in [2.75, 3.05) is 39.9 Å². The molecule has 1 atom stereocenters. The molecular formula is C10H21F3N2O. The van der Waals surface area contributed by atoms with Crippen LogP contribution in [0.25, 0.3) is 0 Å². The summed E-state index contributed by atoms with van der Waals surface area (Å²) in [6.07, 6.45) is -4.23.